The van der Waals surface area contributed by atoms with Crippen molar-refractivity contribution in [2.24, 2.45) is 5.92 Å². The Morgan fingerprint density at radius 2 is 2.38 bits per heavy atom. The average Bonchev–Trinajstić information content (AvgIpc) is 2.87. The van der Waals surface area contributed by atoms with Gasteiger partial charge < -0.3 is 15.0 Å². The number of carbonyl (C=O) groups is 1. The molecule has 1 aromatic rings. The molecule has 2 bridgehead atoms. The van der Waals surface area contributed by atoms with E-state index in [0.29, 0.717) is 17.5 Å². The Morgan fingerprint density at radius 1 is 1.52 bits per heavy atom. The molecule has 0 amide bonds. The minimum absolute atomic E-state index is 0.128. The summed E-state index contributed by atoms with van der Waals surface area (Å²) in [6, 6.07) is 7.55. The smallest absolute Gasteiger partial charge is 0.332 e. The van der Waals surface area contributed by atoms with E-state index in [-0.39, 0.29) is 5.97 Å². The lowest BCUT2D eigenvalue weighted by molar-refractivity contribution is -0.151. The molecule has 3 atom stereocenters. The molecule has 2 heterocycles. The number of esters is 1. The molecular weight excluding hydrogens is 288 g/mol. The first-order valence-electron chi connectivity index (χ1n) is 7.57. The summed E-state index contributed by atoms with van der Waals surface area (Å²) < 4.78 is 5.38. The van der Waals surface area contributed by atoms with Gasteiger partial charge in [0.15, 0.2) is 0 Å². The topological polar surface area (TPSA) is 41.6 Å². The van der Waals surface area contributed by atoms with Crippen molar-refractivity contribution in [3.8, 4) is 0 Å². The molecule has 0 saturated carbocycles. The van der Waals surface area contributed by atoms with Crippen LogP contribution in [0, 0.1) is 5.92 Å². The van der Waals surface area contributed by atoms with Gasteiger partial charge in [-0.1, -0.05) is 17.7 Å². The van der Waals surface area contributed by atoms with Crippen LogP contribution in [0.3, 0.4) is 0 Å². The zero-order valence-corrected chi connectivity index (χ0v) is 13.0. The van der Waals surface area contributed by atoms with Gasteiger partial charge in [0, 0.05) is 29.7 Å². The fourth-order valence-electron chi connectivity index (χ4n) is 3.54. The Labute approximate surface area is 130 Å². The SMILES string of the molecule is CCOC(=O)C1(Nc2cccc(Cl)c2)CCN2CCC1C2. The number of rotatable bonds is 4. The Balaban J connectivity index is 1.90. The second-order valence-corrected chi connectivity index (χ2v) is 6.30. The van der Waals surface area contributed by atoms with Crippen molar-refractivity contribution in [3.63, 3.8) is 0 Å². The molecule has 2 fully saturated rings. The van der Waals surface area contributed by atoms with E-state index in [2.05, 4.69) is 10.2 Å². The number of carbonyl (C=O) groups excluding carboxylic acids is 1. The highest BCUT2D eigenvalue weighted by molar-refractivity contribution is 6.30. The fraction of sp³-hybridized carbons (Fsp3) is 0.562. The number of halogens is 1. The Bertz CT molecular complexity index is 537. The average molecular weight is 309 g/mol. The van der Waals surface area contributed by atoms with Gasteiger partial charge in [0.2, 0.25) is 0 Å². The maximum absolute atomic E-state index is 12.7. The van der Waals surface area contributed by atoms with Crippen LogP contribution in [0.25, 0.3) is 0 Å². The summed E-state index contributed by atoms with van der Waals surface area (Å²) in [4.78, 5) is 15.1. The van der Waals surface area contributed by atoms with Crippen LogP contribution in [0.4, 0.5) is 5.69 Å². The Kier molecular flexibility index (Phi) is 4.09. The second kappa shape index (κ2) is 5.85. The van der Waals surface area contributed by atoms with E-state index in [1.807, 2.05) is 31.2 Å². The summed E-state index contributed by atoms with van der Waals surface area (Å²) in [7, 11) is 0. The number of piperidine rings is 1. The number of ether oxygens (including phenoxy) is 1. The minimum atomic E-state index is -0.617. The summed E-state index contributed by atoms with van der Waals surface area (Å²) in [5.41, 5.74) is 0.268. The van der Waals surface area contributed by atoms with Crippen LogP contribution in [0.15, 0.2) is 24.3 Å². The standard InChI is InChI=1S/C16H21ClN2O2/c1-2-21-15(20)16(7-9-19-8-6-12(16)11-19)18-14-5-3-4-13(17)10-14/h3-5,10,12,18H,2,6-9,11H2,1H3. The summed E-state index contributed by atoms with van der Waals surface area (Å²) in [5, 5.41) is 4.13. The van der Waals surface area contributed by atoms with Crippen LogP contribution in [0.5, 0.6) is 0 Å². The predicted molar refractivity (Wildman–Crippen MR) is 83.6 cm³/mol. The number of hydrogen-bond acceptors (Lipinski definition) is 4. The van der Waals surface area contributed by atoms with Crippen LogP contribution in [-0.4, -0.2) is 42.6 Å². The van der Waals surface area contributed by atoms with Crippen LogP contribution in [0.2, 0.25) is 5.02 Å². The van der Waals surface area contributed by atoms with E-state index in [0.717, 1.165) is 38.2 Å². The van der Waals surface area contributed by atoms with Gasteiger partial charge in [0.05, 0.1) is 6.61 Å². The first-order valence-corrected chi connectivity index (χ1v) is 7.95. The number of fused-ring (bicyclic) bond motifs is 2. The molecule has 2 aliphatic heterocycles. The van der Waals surface area contributed by atoms with Gasteiger partial charge in [0.1, 0.15) is 5.54 Å². The zero-order valence-electron chi connectivity index (χ0n) is 12.3. The van der Waals surface area contributed by atoms with Gasteiger partial charge in [-0.05, 0) is 44.5 Å². The summed E-state index contributed by atoms with van der Waals surface area (Å²) in [5.74, 6) is 0.167. The highest BCUT2D eigenvalue weighted by Crippen LogP contribution is 2.39. The van der Waals surface area contributed by atoms with Crippen molar-refractivity contribution in [2.75, 3.05) is 31.6 Å². The fourth-order valence-corrected chi connectivity index (χ4v) is 3.73. The molecule has 114 valence electrons. The molecule has 3 rings (SSSR count). The minimum Gasteiger partial charge on any atom is -0.464 e. The molecule has 4 nitrogen and oxygen atoms in total. The third-order valence-corrected chi connectivity index (χ3v) is 4.86. The monoisotopic (exact) mass is 308 g/mol. The molecule has 0 aliphatic carbocycles. The lowest BCUT2D eigenvalue weighted by Gasteiger charge is -2.42. The molecule has 5 heteroatoms. The molecule has 2 saturated heterocycles. The molecule has 0 spiro atoms. The summed E-state index contributed by atoms with van der Waals surface area (Å²) in [6.45, 7) is 5.24. The van der Waals surface area contributed by atoms with Crippen molar-refractivity contribution < 1.29 is 9.53 Å². The Hall–Kier alpha value is -1.26. The highest BCUT2D eigenvalue weighted by Gasteiger charge is 2.52. The van der Waals surface area contributed by atoms with E-state index in [4.69, 9.17) is 16.3 Å². The van der Waals surface area contributed by atoms with Crippen molar-refractivity contribution in [1.29, 1.82) is 0 Å². The first-order chi connectivity index (χ1) is 10.1. The van der Waals surface area contributed by atoms with E-state index in [1.165, 1.54) is 0 Å². The van der Waals surface area contributed by atoms with Gasteiger partial charge in [-0.2, -0.15) is 0 Å². The molecule has 21 heavy (non-hydrogen) atoms. The maximum Gasteiger partial charge on any atom is 0.332 e. The normalized spacial score (nSPS) is 31.0. The van der Waals surface area contributed by atoms with Crippen molar-refractivity contribution in [2.45, 2.75) is 25.3 Å². The molecule has 3 unspecified atom stereocenters. The number of hydrogen-bond donors (Lipinski definition) is 1. The van der Waals surface area contributed by atoms with Gasteiger partial charge in [-0.15, -0.1) is 0 Å². The zero-order chi connectivity index (χ0) is 14.9. The molecular formula is C16H21ClN2O2. The van der Waals surface area contributed by atoms with E-state index in [9.17, 15) is 4.79 Å². The maximum atomic E-state index is 12.7. The molecule has 1 aromatic carbocycles. The van der Waals surface area contributed by atoms with Crippen LogP contribution in [-0.2, 0) is 9.53 Å². The number of benzene rings is 1. The van der Waals surface area contributed by atoms with Crippen LogP contribution >= 0.6 is 11.6 Å². The van der Waals surface area contributed by atoms with Crippen LogP contribution in [0.1, 0.15) is 19.8 Å². The number of anilines is 1. The molecule has 1 N–H and O–H groups in total. The van der Waals surface area contributed by atoms with E-state index < -0.39 is 5.54 Å². The summed E-state index contributed by atoms with van der Waals surface area (Å²) in [6.07, 6.45) is 1.81. The first kappa shape index (κ1) is 14.7. The lowest BCUT2D eigenvalue weighted by atomic mass is 9.78. The molecule has 2 aliphatic rings. The van der Waals surface area contributed by atoms with Gasteiger partial charge in [-0.25, -0.2) is 4.79 Å². The third-order valence-electron chi connectivity index (χ3n) is 4.62. The highest BCUT2D eigenvalue weighted by atomic mass is 35.5. The van der Waals surface area contributed by atoms with Gasteiger partial charge in [0.25, 0.3) is 0 Å². The van der Waals surface area contributed by atoms with E-state index in [1.54, 1.807) is 0 Å². The molecule has 0 aromatic heterocycles. The lowest BCUT2D eigenvalue weighted by Crippen LogP contribution is -2.58. The Morgan fingerprint density at radius 3 is 3.14 bits per heavy atom. The van der Waals surface area contributed by atoms with E-state index >= 15 is 0 Å². The quantitative estimate of drug-likeness (QED) is 0.869. The van der Waals surface area contributed by atoms with Crippen LogP contribution < -0.4 is 5.32 Å². The third kappa shape index (κ3) is 2.74. The molecule has 0 radical (unpaired) electrons. The van der Waals surface area contributed by atoms with Crippen molar-refractivity contribution in [1.82, 2.24) is 4.90 Å². The predicted octanol–water partition coefficient (Wildman–Crippen LogP) is 2.78. The van der Waals surface area contributed by atoms with Gasteiger partial charge in [-0.3, -0.25) is 0 Å². The second-order valence-electron chi connectivity index (χ2n) is 5.86. The van der Waals surface area contributed by atoms with Gasteiger partial charge >= 0.3 is 5.97 Å². The summed E-state index contributed by atoms with van der Waals surface area (Å²) >= 11 is 6.06. The number of nitrogens with zero attached hydrogens (tertiary/aromatic N) is 1. The van der Waals surface area contributed by atoms with Crippen molar-refractivity contribution in [3.05, 3.63) is 29.3 Å². The van der Waals surface area contributed by atoms with Crippen molar-refractivity contribution >= 4 is 23.3 Å². The number of nitrogens with one attached hydrogen (secondary N) is 1. The largest absolute Gasteiger partial charge is 0.464 e.